The summed E-state index contributed by atoms with van der Waals surface area (Å²) in [6.45, 7) is 1.96. The second-order valence-electron chi connectivity index (χ2n) is 13.0. The van der Waals surface area contributed by atoms with Crippen LogP contribution in [0.3, 0.4) is 0 Å². The Hall–Kier alpha value is -5.24. The molecule has 0 radical (unpaired) electrons. The maximum Gasteiger partial charge on any atom is 0.260 e. The molecule has 6 atom stereocenters. The number of carbonyl (C=O) groups is 4. The average molecular weight is 612 g/mol. The first kappa shape index (κ1) is 28.2. The Balaban J connectivity index is 1.42. The topological polar surface area (TPSA) is 107 Å². The van der Waals surface area contributed by atoms with Gasteiger partial charge in [0.05, 0.1) is 28.9 Å². The number of aryl methyl sites for hydroxylation is 1. The molecule has 2 N–H and O–H groups in total. The molecule has 4 aromatic rings. The van der Waals surface area contributed by atoms with E-state index in [0.717, 1.165) is 26.9 Å². The molecule has 8 heteroatoms. The minimum atomic E-state index is -1.44. The van der Waals surface area contributed by atoms with Crippen molar-refractivity contribution >= 4 is 40.1 Å². The number of phenolic OH excluding ortho intramolecular Hbond substituents is 1. The van der Waals surface area contributed by atoms with Crippen LogP contribution in [0.2, 0.25) is 0 Å². The highest BCUT2D eigenvalue weighted by atomic mass is 16.3. The number of aromatic hydroxyl groups is 1. The van der Waals surface area contributed by atoms with Crippen LogP contribution in [0.1, 0.15) is 35.4 Å². The number of fused-ring (bicyclic) bond motifs is 5. The van der Waals surface area contributed by atoms with Crippen molar-refractivity contribution < 1.29 is 24.3 Å². The van der Waals surface area contributed by atoms with Crippen molar-refractivity contribution in [1.82, 2.24) is 9.91 Å². The molecular formula is C38H33N3O5. The van der Waals surface area contributed by atoms with E-state index in [1.54, 1.807) is 6.07 Å². The van der Waals surface area contributed by atoms with Gasteiger partial charge in [0, 0.05) is 18.5 Å². The van der Waals surface area contributed by atoms with Crippen molar-refractivity contribution in [2.45, 2.75) is 31.1 Å². The van der Waals surface area contributed by atoms with Crippen LogP contribution in [0.15, 0.2) is 103 Å². The van der Waals surface area contributed by atoms with Gasteiger partial charge in [-0.15, -0.1) is 0 Å². The maximum absolute atomic E-state index is 15.3. The molecule has 0 bridgehead atoms. The number of likely N-dealkylation sites (tertiary alicyclic amines) is 1. The monoisotopic (exact) mass is 611 g/mol. The number of imide groups is 2. The lowest BCUT2D eigenvalue weighted by Gasteiger charge is -2.51. The number of hydrazine groups is 1. The van der Waals surface area contributed by atoms with E-state index >= 15 is 4.79 Å². The molecule has 2 aliphatic heterocycles. The second kappa shape index (κ2) is 10.1. The quantitative estimate of drug-likeness (QED) is 0.234. The van der Waals surface area contributed by atoms with Gasteiger partial charge in [0.25, 0.3) is 11.8 Å². The highest BCUT2D eigenvalue weighted by Crippen LogP contribution is 2.65. The van der Waals surface area contributed by atoms with E-state index < -0.39 is 46.8 Å². The summed E-state index contributed by atoms with van der Waals surface area (Å²) in [7, 11) is 1.52. The van der Waals surface area contributed by atoms with Gasteiger partial charge in [0.2, 0.25) is 11.8 Å². The normalized spacial score (nSPS) is 28.7. The summed E-state index contributed by atoms with van der Waals surface area (Å²) in [5.41, 5.74) is 5.34. The highest BCUT2D eigenvalue weighted by Gasteiger charge is 2.70. The summed E-state index contributed by atoms with van der Waals surface area (Å²) in [5.74, 6) is -4.59. The fourth-order valence-electron chi connectivity index (χ4n) is 8.81. The third-order valence-electron chi connectivity index (χ3n) is 10.8. The smallest absolute Gasteiger partial charge is 0.260 e. The van der Waals surface area contributed by atoms with Crippen molar-refractivity contribution in [3.05, 3.63) is 119 Å². The van der Waals surface area contributed by atoms with Gasteiger partial charge in [-0.25, -0.2) is 0 Å². The Morgan fingerprint density at radius 2 is 1.52 bits per heavy atom. The predicted octanol–water partition coefficient (Wildman–Crippen LogP) is 5.47. The largest absolute Gasteiger partial charge is 0.508 e. The number of rotatable bonds is 4. The molecule has 0 spiro atoms. The lowest BCUT2D eigenvalue weighted by molar-refractivity contribution is -0.140. The van der Waals surface area contributed by atoms with Crippen molar-refractivity contribution in [1.29, 1.82) is 0 Å². The van der Waals surface area contributed by atoms with E-state index in [9.17, 15) is 19.5 Å². The number of hydrogen-bond acceptors (Lipinski definition) is 6. The molecule has 4 amide bonds. The second-order valence-corrected chi connectivity index (χ2v) is 13.0. The molecular weight excluding hydrogens is 578 g/mol. The molecule has 8 nitrogen and oxygen atoms in total. The first-order valence-corrected chi connectivity index (χ1v) is 15.7. The maximum atomic E-state index is 15.3. The van der Waals surface area contributed by atoms with Crippen molar-refractivity contribution in [3.63, 3.8) is 0 Å². The SMILES string of the molecule is Cc1ccc(NN2C(=O)[C@@H]3C[C@@H]4C(=CC[C@@H]5C(=O)N(C)C(=O)[C@@H]54)[C@H](c4c(O)ccc5ccccc45)[C@]3(c3ccccc3)C2=O)cc1. The van der Waals surface area contributed by atoms with Gasteiger partial charge < -0.3 is 5.11 Å². The molecule has 4 aliphatic rings. The van der Waals surface area contributed by atoms with Gasteiger partial charge in [-0.3, -0.25) is 29.5 Å². The summed E-state index contributed by atoms with van der Waals surface area (Å²) >= 11 is 0. The van der Waals surface area contributed by atoms with E-state index in [1.165, 1.54) is 11.9 Å². The van der Waals surface area contributed by atoms with E-state index in [1.807, 2.05) is 97.9 Å². The Labute approximate surface area is 266 Å². The minimum absolute atomic E-state index is 0.0116. The Morgan fingerprint density at radius 3 is 2.28 bits per heavy atom. The first-order valence-electron chi connectivity index (χ1n) is 15.7. The summed E-state index contributed by atoms with van der Waals surface area (Å²) in [6, 6.07) is 28.0. The molecule has 0 aromatic heterocycles. The Morgan fingerprint density at radius 1 is 0.804 bits per heavy atom. The van der Waals surface area contributed by atoms with Crippen LogP contribution >= 0.6 is 0 Å². The third kappa shape index (κ3) is 3.73. The van der Waals surface area contributed by atoms with Crippen LogP contribution in [-0.2, 0) is 24.6 Å². The summed E-state index contributed by atoms with van der Waals surface area (Å²) in [6.07, 6.45) is 2.57. The highest BCUT2D eigenvalue weighted by molar-refractivity contribution is 6.13. The van der Waals surface area contributed by atoms with Crippen LogP contribution in [0.4, 0.5) is 5.69 Å². The fraction of sp³-hybridized carbons (Fsp3) is 0.263. The lowest BCUT2D eigenvalue weighted by Crippen LogP contribution is -2.53. The number of anilines is 1. The Kier molecular flexibility index (Phi) is 6.23. The first-order chi connectivity index (χ1) is 22.2. The third-order valence-corrected chi connectivity index (χ3v) is 10.8. The molecule has 46 heavy (non-hydrogen) atoms. The molecule has 3 fully saturated rings. The molecule has 2 aliphatic carbocycles. The number of amides is 4. The zero-order chi connectivity index (χ0) is 31.9. The molecule has 2 heterocycles. The van der Waals surface area contributed by atoms with Crippen LogP contribution in [0.5, 0.6) is 5.75 Å². The number of nitrogens with zero attached hydrogens (tertiary/aromatic N) is 2. The zero-order valence-electron chi connectivity index (χ0n) is 25.5. The Bertz CT molecular complexity index is 1990. The number of allylic oxidation sites excluding steroid dienone is 2. The molecule has 2 saturated heterocycles. The summed E-state index contributed by atoms with van der Waals surface area (Å²) in [4.78, 5) is 58.1. The van der Waals surface area contributed by atoms with Crippen LogP contribution in [0, 0.1) is 30.6 Å². The molecule has 1 saturated carbocycles. The molecule has 4 aromatic carbocycles. The van der Waals surface area contributed by atoms with E-state index in [-0.39, 0.29) is 24.0 Å². The lowest BCUT2D eigenvalue weighted by atomic mass is 9.48. The van der Waals surface area contributed by atoms with Crippen LogP contribution < -0.4 is 5.43 Å². The van der Waals surface area contributed by atoms with Gasteiger partial charge in [0.15, 0.2) is 0 Å². The number of nitrogens with one attached hydrogen (secondary N) is 1. The summed E-state index contributed by atoms with van der Waals surface area (Å²) < 4.78 is 0. The van der Waals surface area contributed by atoms with E-state index in [2.05, 4.69) is 5.43 Å². The van der Waals surface area contributed by atoms with Gasteiger partial charge in [0.1, 0.15) is 5.75 Å². The number of carbonyl (C=O) groups excluding carboxylic acids is 4. The van der Waals surface area contributed by atoms with E-state index in [0.29, 0.717) is 23.2 Å². The zero-order valence-corrected chi connectivity index (χ0v) is 25.5. The predicted molar refractivity (Wildman–Crippen MR) is 172 cm³/mol. The van der Waals surface area contributed by atoms with E-state index in [4.69, 9.17) is 0 Å². The number of benzene rings is 4. The van der Waals surface area contributed by atoms with Gasteiger partial charge in [-0.2, -0.15) is 5.01 Å². The molecule has 0 unspecified atom stereocenters. The van der Waals surface area contributed by atoms with Crippen molar-refractivity contribution in [2.75, 3.05) is 12.5 Å². The van der Waals surface area contributed by atoms with Gasteiger partial charge in [-0.05, 0) is 60.2 Å². The van der Waals surface area contributed by atoms with Crippen LogP contribution in [-0.4, -0.2) is 45.7 Å². The number of phenols is 1. The molecule has 8 rings (SSSR count). The number of hydrogen-bond donors (Lipinski definition) is 2. The fourth-order valence-corrected chi connectivity index (χ4v) is 8.81. The van der Waals surface area contributed by atoms with Crippen LogP contribution in [0.25, 0.3) is 10.8 Å². The van der Waals surface area contributed by atoms with Gasteiger partial charge in [-0.1, -0.05) is 90.0 Å². The van der Waals surface area contributed by atoms with Gasteiger partial charge >= 0.3 is 0 Å². The summed E-state index contributed by atoms with van der Waals surface area (Å²) in [5, 5.41) is 14.5. The minimum Gasteiger partial charge on any atom is -0.508 e. The molecule has 230 valence electrons. The van der Waals surface area contributed by atoms with Crippen molar-refractivity contribution in [3.8, 4) is 5.75 Å². The van der Waals surface area contributed by atoms with Crippen molar-refractivity contribution in [2.24, 2.45) is 23.7 Å². The average Bonchev–Trinajstić information content (AvgIpc) is 3.43. The standard InChI is InChI=1S/C38H33N3O5/c1-21-12-15-24(16-13-21)39-41-35(44)29-20-28-26(17-18-27-31(28)36(45)40(2)34(27)43)33(38(29,37(41)46)23-9-4-3-5-10-23)32-25-11-7-6-8-22(25)14-19-30(32)42/h3-17,19,27-29,31,33,39,42H,18,20H2,1-2H3/t27-,28+,29-,31-,33+,38+/m0/s1.